The molecule has 118 valence electrons. The fourth-order valence-electron chi connectivity index (χ4n) is 1.93. The molecule has 0 aliphatic rings. The predicted octanol–water partition coefficient (Wildman–Crippen LogP) is 1.57. The fourth-order valence-corrected chi connectivity index (χ4v) is 1.93. The molecule has 6 heteroatoms. The Kier molecular flexibility index (Phi) is 6.81. The molecule has 3 N–H and O–H groups in total. The molecule has 1 unspecified atom stereocenters. The standard InChI is InChI=1S/C15H24N2O4/c1-10(16)6-5-7-17-15(18)11-8-13(20-3)14(21-4)9-12(11)19-2/h8-10H,5-7,16H2,1-4H3,(H,17,18). The molecule has 0 aliphatic carbocycles. The summed E-state index contributed by atoms with van der Waals surface area (Å²) in [5.74, 6) is 1.23. The molecule has 1 aromatic carbocycles. The van der Waals surface area contributed by atoms with E-state index in [-0.39, 0.29) is 11.9 Å². The van der Waals surface area contributed by atoms with E-state index < -0.39 is 0 Å². The summed E-state index contributed by atoms with van der Waals surface area (Å²) in [4.78, 5) is 12.2. The molecule has 0 fully saturated rings. The number of hydrogen-bond acceptors (Lipinski definition) is 5. The Bertz CT molecular complexity index is 475. The second-order valence-corrected chi connectivity index (χ2v) is 4.78. The van der Waals surface area contributed by atoms with Crippen molar-refractivity contribution < 1.29 is 19.0 Å². The number of benzene rings is 1. The van der Waals surface area contributed by atoms with Gasteiger partial charge in [0.2, 0.25) is 0 Å². The van der Waals surface area contributed by atoms with Gasteiger partial charge in [-0.3, -0.25) is 4.79 Å². The van der Waals surface area contributed by atoms with Crippen LogP contribution in [-0.4, -0.2) is 39.8 Å². The Morgan fingerprint density at radius 1 is 1.14 bits per heavy atom. The lowest BCUT2D eigenvalue weighted by Gasteiger charge is -2.14. The van der Waals surface area contributed by atoms with E-state index in [0.29, 0.717) is 29.4 Å². The van der Waals surface area contributed by atoms with Gasteiger partial charge in [-0.05, 0) is 19.8 Å². The van der Waals surface area contributed by atoms with E-state index in [1.54, 1.807) is 12.1 Å². The zero-order valence-corrected chi connectivity index (χ0v) is 13.1. The monoisotopic (exact) mass is 296 g/mol. The lowest BCUT2D eigenvalue weighted by molar-refractivity contribution is 0.0949. The van der Waals surface area contributed by atoms with Crippen LogP contribution in [-0.2, 0) is 0 Å². The second-order valence-electron chi connectivity index (χ2n) is 4.78. The van der Waals surface area contributed by atoms with Crippen LogP contribution < -0.4 is 25.3 Å². The van der Waals surface area contributed by atoms with Gasteiger partial charge in [0.15, 0.2) is 11.5 Å². The molecular weight excluding hydrogens is 272 g/mol. The molecule has 6 nitrogen and oxygen atoms in total. The van der Waals surface area contributed by atoms with Crippen molar-refractivity contribution in [1.29, 1.82) is 0 Å². The summed E-state index contributed by atoms with van der Waals surface area (Å²) in [5.41, 5.74) is 6.09. The molecular formula is C15H24N2O4. The summed E-state index contributed by atoms with van der Waals surface area (Å²) in [7, 11) is 4.56. The van der Waals surface area contributed by atoms with Crippen molar-refractivity contribution in [2.24, 2.45) is 5.73 Å². The summed E-state index contributed by atoms with van der Waals surface area (Å²) in [6, 6.07) is 3.38. The van der Waals surface area contributed by atoms with Crippen LogP contribution in [0.15, 0.2) is 12.1 Å². The van der Waals surface area contributed by atoms with Crippen LogP contribution in [0.1, 0.15) is 30.1 Å². The molecule has 1 atom stereocenters. The summed E-state index contributed by atoms with van der Waals surface area (Å²) in [6.07, 6.45) is 1.70. The van der Waals surface area contributed by atoms with Crippen LogP contribution in [0.2, 0.25) is 0 Å². The second kappa shape index (κ2) is 8.36. The number of carbonyl (C=O) groups excluding carboxylic acids is 1. The summed E-state index contributed by atoms with van der Waals surface area (Å²) in [5, 5.41) is 2.85. The van der Waals surface area contributed by atoms with Crippen molar-refractivity contribution in [2.75, 3.05) is 27.9 Å². The number of nitrogens with one attached hydrogen (secondary N) is 1. The number of methoxy groups -OCH3 is 3. The van der Waals surface area contributed by atoms with Gasteiger partial charge >= 0.3 is 0 Å². The third-order valence-electron chi connectivity index (χ3n) is 3.07. The third-order valence-corrected chi connectivity index (χ3v) is 3.07. The molecule has 0 spiro atoms. The Balaban J connectivity index is 2.82. The van der Waals surface area contributed by atoms with Gasteiger partial charge in [-0.2, -0.15) is 0 Å². The van der Waals surface area contributed by atoms with Crippen LogP contribution in [0.4, 0.5) is 0 Å². The SMILES string of the molecule is COc1cc(OC)c(C(=O)NCCCC(C)N)cc1OC. The van der Waals surface area contributed by atoms with Crippen LogP contribution in [0.25, 0.3) is 0 Å². The Morgan fingerprint density at radius 3 is 2.24 bits per heavy atom. The fraction of sp³-hybridized carbons (Fsp3) is 0.533. The summed E-state index contributed by atoms with van der Waals surface area (Å²) < 4.78 is 15.6. The van der Waals surface area contributed by atoms with E-state index >= 15 is 0 Å². The lowest BCUT2D eigenvalue weighted by Crippen LogP contribution is -2.26. The first-order valence-electron chi connectivity index (χ1n) is 6.87. The van der Waals surface area contributed by atoms with E-state index in [4.69, 9.17) is 19.9 Å². The number of ether oxygens (including phenoxy) is 3. The van der Waals surface area contributed by atoms with Crippen LogP contribution in [0.3, 0.4) is 0 Å². The van der Waals surface area contributed by atoms with Crippen molar-refractivity contribution in [3.05, 3.63) is 17.7 Å². The van der Waals surface area contributed by atoms with E-state index in [0.717, 1.165) is 12.8 Å². The van der Waals surface area contributed by atoms with Gasteiger partial charge in [0, 0.05) is 24.7 Å². The Hall–Kier alpha value is -1.95. The van der Waals surface area contributed by atoms with Gasteiger partial charge in [-0.25, -0.2) is 0 Å². The Morgan fingerprint density at radius 2 is 1.71 bits per heavy atom. The average molecular weight is 296 g/mol. The van der Waals surface area contributed by atoms with Gasteiger partial charge in [0.1, 0.15) is 5.75 Å². The summed E-state index contributed by atoms with van der Waals surface area (Å²) >= 11 is 0. The Labute approximate surface area is 125 Å². The summed E-state index contributed by atoms with van der Waals surface area (Å²) in [6.45, 7) is 2.51. The highest BCUT2D eigenvalue weighted by Crippen LogP contribution is 2.34. The van der Waals surface area contributed by atoms with Crippen molar-refractivity contribution in [1.82, 2.24) is 5.32 Å². The average Bonchev–Trinajstić information content (AvgIpc) is 2.49. The highest BCUT2D eigenvalue weighted by Gasteiger charge is 2.17. The van der Waals surface area contributed by atoms with Crippen LogP contribution in [0.5, 0.6) is 17.2 Å². The normalized spacial score (nSPS) is 11.7. The zero-order valence-electron chi connectivity index (χ0n) is 13.1. The number of carbonyl (C=O) groups is 1. The maximum absolute atomic E-state index is 12.2. The van der Waals surface area contributed by atoms with Gasteiger partial charge in [0.25, 0.3) is 5.91 Å². The van der Waals surface area contributed by atoms with Crippen molar-refractivity contribution >= 4 is 5.91 Å². The highest BCUT2D eigenvalue weighted by atomic mass is 16.5. The van der Waals surface area contributed by atoms with E-state index in [1.807, 2.05) is 6.92 Å². The van der Waals surface area contributed by atoms with Gasteiger partial charge in [0.05, 0.1) is 26.9 Å². The zero-order chi connectivity index (χ0) is 15.8. The smallest absolute Gasteiger partial charge is 0.255 e. The predicted molar refractivity (Wildman–Crippen MR) is 81.3 cm³/mol. The first-order valence-corrected chi connectivity index (χ1v) is 6.87. The van der Waals surface area contributed by atoms with Crippen molar-refractivity contribution in [3.63, 3.8) is 0 Å². The van der Waals surface area contributed by atoms with Gasteiger partial charge < -0.3 is 25.3 Å². The topological polar surface area (TPSA) is 82.8 Å². The minimum Gasteiger partial charge on any atom is -0.496 e. The molecule has 0 aromatic heterocycles. The number of amides is 1. The maximum atomic E-state index is 12.2. The molecule has 0 saturated heterocycles. The number of rotatable bonds is 8. The largest absolute Gasteiger partial charge is 0.496 e. The molecule has 0 aliphatic heterocycles. The van der Waals surface area contributed by atoms with Crippen LogP contribution >= 0.6 is 0 Å². The molecule has 0 bridgehead atoms. The van der Waals surface area contributed by atoms with Crippen molar-refractivity contribution in [2.45, 2.75) is 25.8 Å². The van der Waals surface area contributed by atoms with Gasteiger partial charge in [-0.1, -0.05) is 0 Å². The van der Waals surface area contributed by atoms with E-state index in [1.165, 1.54) is 21.3 Å². The molecule has 0 saturated carbocycles. The minimum atomic E-state index is -0.211. The molecule has 21 heavy (non-hydrogen) atoms. The first kappa shape index (κ1) is 17.1. The lowest BCUT2D eigenvalue weighted by atomic mass is 10.1. The van der Waals surface area contributed by atoms with E-state index in [9.17, 15) is 4.79 Å². The molecule has 1 aromatic rings. The van der Waals surface area contributed by atoms with Crippen LogP contribution in [0, 0.1) is 0 Å². The van der Waals surface area contributed by atoms with Gasteiger partial charge in [-0.15, -0.1) is 0 Å². The highest BCUT2D eigenvalue weighted by molar-refractivity contribution is 5.97. The minimum absolute atomic E-state index is 0.137. The molecule has 1 rings (SSSR count). The quantitative estimate of drug-likeness (QED) is 0.712. The molecule has 0 heterocycles. The molecule has 1 amide bonds. The third kappa shape index (κ3) is 4.82. The number of hydrogen-bond donors (Lipinski definition) is 2. The number of nitrogens with two attached hydrogens (primary N) is 1. The van der Waals surface area contributed by atoms with E-state index in [2.05, 4.69) is 5.32 Å². The maximum Gasteiger partial charge on any atom is 0.255 e. The molecule has 0 radical (unpaired) electrons. The van der Waals surface area contributed by atoms with Crippen molar-refractivity contribution in [3.8, 4) is 17.2 Å². The first-order chi connectivity index (χ1) is 10.0.